The maximum atomic E-state index is 8.84. The molecular weight excluding hydrogens is 1510 g/mol. The van der Waals surface area contributed by atoms with Crippen LogP contribution < -0.4 is 18.3 Å². The topological polar surface area (TPSA) is 81.2 Å². The fourth-order valence-corrected chi connectivity index (χ4v) is 17.4. The molecule has 20 rings (SSSR count). The van der Waals surface area contributed by atoms with Crippen molar-refractivity contribution < 1.29 is 53.8 Å². The number of nitrogens with zero attached hydrogens (tertiary/aromatic N) is 7. The Labute approximate surface area is 736 Å². The van der Waals surface area contributed by atoms with Gasteiger partial charge in [-0.3, -0.25) is 0 Å². The summed E-state index contributed by atoms with van der Waals surface area (Å²) in [6, 6.07) is 78.6. The van der Waals surface area contributed by atoms with Gasteiger partial charge >= 0.3 is 0 Å². The van der Waals surface area contributed by atoms with Crippen molar-refractivity contribution in [2.24, 2.45) is 28.2 Å². The van der Waals surface area contributed by atoms with Gasteiger partial charge < -0.3 is 17.7 Å². The predicted molar refractivity (Wildman–Crippen MR) is 503 cm³/mol. The first-order valence-corrected chi connectivity index (χ1v) is 40.5. The largest absolute Gasteiger partial charge is 0.457 e. The van der Waals surface area contributed by atoms with Gasteiger partial charge in [-0.25, -0.2) is 19.1 Å². The van der Waals surface area contributed by atoms with Gasteiger partial charge in [0.25, 0.3) is 0 Å². The van der Waals surface area contributed by atoms with E-state index < -0.39 is 20.6 Å². The van der Waals surface area contributed by atoms with Crippen LogP contribution in [0.15, 0.2) is 285 Å². The van der Waals surface area contributed by atoms with E-state index in [1.165, 1.54) is 32.6 Å². The summed E-state index contributed by atoms with van der Waals surface area (Å²) in [4.78, 5) is 11.3. The van der Waals surface area contributed by atoms with Crippen molar-refractivity contribution in [1.29, 1.82) is 0 Å². The van der Waals surface area contributed by atoms with E-state index in [1.807, 2.05) is 227 Å². The van der Waals surface area contributed by atoms with Crippen molar-refractivity contribution in [3.05, 3.63) is 374 Å². The maximum absolute atomic E-state index is 8.84. The van der Waals surface area contributed by atoms with Crippen LogP contribution in [0.4, 0.5) is 17.1 Å². The molecule has 0 unspecified atom stereocenters. The van der Waals surface area contributed by atoms with Gasteiger partial charge in [0.2, 0.25) is 22.8 Å². The molecule has 598 valence electrons. The molecule has 0 aliphatic rings. The summed E-state index contributed by atoms with van der Waals surface area (Å²) in [6.07, 6.45) is -0.105. The zero-order valence-electron chi connectivity index (χ0n) is 83.9. The van der Waals surface area contributed by atoms with Crippen molar-refractivity contribution in [1.82, 2.24) is 0 Å². The number of furan rings is 4. The van der Waals surface area contributed by atoms with Crippen molar-refractivity contribution >= 4 is 105 Å². The standard InChI is InChI=1S/3C28H23N2O.C28H26NO/c2*1-17-11-15-23(30(5)19(17)3)25-18(2)12-16-24-27(25)21-13-14-22(29-4)26(28(21)31-24)20-9-7-6-8-10-20;1-17-15-19(3)30(5)23(16-17)25-18(2)11-14-24-27(25)21-12-13-22(29-4)26(28(21)31-24)20-9-7-6-8-10-20;1-17-11-12-23-27-20(4)22(24-15-18(2)19(3)16-29(24)5)13-14-25(27)30-28(23)26(17)21-9-7-6-8-10-21/h3*6-16H,1-3,5H3;6-16H,1-5H3/q4*+1/i1D3,11D,15D;1D3;;3D3,15D,16D. The van der Waals surface area contributed by atoms with Gasteiger partial charge in [-0.1, -0.05) is 188 Å². The summed E-state index contributed by atoms with van der Waals surface area (Å²) < 4.78 is 139. The molecule has 0 saturated heterocycles. The minimum atomic E-state index is -2.50. The van der Waals surface area contributed by atoms with Gasteiger partial charge in [0.1, 0.15) is 74.2 Å². The highest BCUT2D eigenvalue weighted by Gasteiger charge is 2.30. The van der Waals surface area contributed by atoms with E-state index in [2.05, 4.69) is 96.3 Å². The van der Waals surface area contributed by atoms with E-state index in [4.69, 9.17) is 55.2 Å². The molecule has 123 heavy (non-hydrogen) atoms. The Balaban J connectivity index is 0.000000126. The second kappa shape index (κ2) is 32.6. The Hall–Kier alpha value is -15.1. The lowest BCUT2D eigenvalue weighted by molar-refractivity contribution is -0.667. The Morgan fingerprint density at radius 2 is 0.675 bits per heavy atom. The smallest absolute Gasteiger partial charge is 0.213 e. The molecule has 0 N–H and O–H groups in total. The number of aryl methyl sites for hydroxylation is 8. The average molecular weight is 1620 g/mol. The molecule has 0 saturated carbocycles. The minimum Gasteiger partial charge on any atom is -0.457 e. The van der Waals surface area contributed by atoms with Gasteiger partial charge in [0.15, 0.2) is 40.3 Å². The summed E-state index contributed by atoms with van der Waals surface area (Å²) in [5, 5.41) is 7.53. The normalized spacial score (nSPS) is 13.1. The third-order valence-corrected chi connectivity index (χ3v) is 24.0. The fraction of sp³-hybridized carbons (Fsp3) is 0.152. The van der Waals surface area contributed by atoms with Crippen LogP contribution in [0.2, 0.25) is 0 Å². The second-order valence-electron chi connectivity index (χ2n) is 31.5. The van der Waals surface area contributed by atoms with Crippen LogP contribution in [0.1, 0.15) is 90.5 Å². The van der Waals surface area contributed by atoms with Crippen LogP contribution in [-0.4, -0.2) is 0 Å². The first-order valence-electron chi connectivity index (χ1n) is 47.0. The molecule has 0 atom stereocenters. The molecule has 11 nitrogen and oxygen atoms in total. The molecule has 0 spiro atoms. The molecule has 0 fully saturated rings. The third kappa shape index (κ3) is 14.1. The summed E-state index contributed by atoms with van der Waals surface area (Å²) in [6.45, 7) is 35.6. The molecule has 11 heteroatoms. The number of benzene rings is 12. The summed E-state index contributed by atoms with van der Waals surface area (Å²) in [5.74, 6) is 0. The molecule has 8 aromatic heterocycles. The monoisotopic (exact) mass is 1610 g/mol. The van der Waals surface area contributed by atoms with Gasteiger partial charge in [0.05, 0.1) is 40.5 Å². The van der Waals surface area contributed by atoms with Gasteiger partial charge in [0, 0.05) is 151 Å². The summed E-state index contributed by atoms with van der Waals surface area (Å²) >= 11 is 0. The van der Waals surface area contributed by atoms with Crippen LogP contribution in [0.3, 0.4) is 0 Å². The lowest BCUT2D eigenvalue weighted by Gasteiger charge is -2.09. The van der Waals surface area contributed by atoms with E-state index in [0.717, 1.165) is 149 Å². The quantitative estimate of drug-likeness (QED) is 0.112. The highest BCUT2D eigenvalue weighted by atomic mass is 16.3. The Morgan fingerprint density at radius 1 is 0.309 bits per heavy atom. The lowest BCUT2D eigenvalue weighted by Crippen LogP contribution is -2.35. The van der Waals surface area contributed by atoms with E-state index in [1.54, 1.807) is 44.6 Å². The molecule has 0 bridgehead atoms. The van der Waals surface area contributed by atoms with Gasteiger partial charge in [-0.05, 0) is 173 Å². The number of hydrogen-bond acceptors (Lipinski definition) is 4. The average Bonchev–Trinajstić information content (AvgIpc) is 1.76. The van der Waals surface area contributed by atoms with Crippen molar-refractivity contribution in [2.45, 2.75) is 89.8 Å². The molecular formula is C112H95N7O4+4. The molecule has 0 radical (unpaired) electrons. The first kappa shape index (κ1) is 65.8. The van der Waals surface area contributed by atoms with Crippen LogP contribution in [0, 0.1) is 110 Å². The molecule has 12 aromatic carbocycles. The Morgan fingerprint density at radius 3 is 1.13 bits per heavy atom. The van der Waals surface area contributed by atoms with Crippen LogP contribution in [0.25, 0.3) is 192 Å². The Bertz CT molecular complexity index is 8420. The lowest BCUT2D eigenvalue weighted by atomic mass is 9.94. The molecule has 0 amide bonds. The number of hydrogen-bond donors (Lipinski definition) is 0. The minimum absolute atomic E-state index is 0.0794. The third-order valence-electron chi connectivity index (χ3n) is 24.0. The van der Waals surface area contributed by atoms with E-state index in [9.17, 15) is 0 Å². The molecule has 0 aliphatic heterocycles. The fourth-order valence-electron chi connectivity index (χ4n) is 17.4. The van der Waals surface area contributed by atoms with Crippen LogP contribution >= 0.6 is 0 Å². The van der Waals surface area contributed by atoms with Gasteiger partial charge in [-0.15, -0.1) is 0 Å². The highest BCUT2D eigenvalue weighted by molar-refractivity contribution is 6.21. The Kier molecular flexibility index (Phi) is 17.4. The number of aromatic nitrogens is 4. The number of fused-ring (bicyclic) bond motifs is 12. The number of pyridine rings is 4. The van der Waals surface area contributed by atoms with Crippen molar-refractivity contribution in [2.75, 3.05) is 0 Å². The van der Waals surface area contributed by atoms with E-state index in [-0.39, 0.29) is 35.4 Å². The van der Waals surface area contributed by atoms with E-state index >= 15 is 0 Å². The summed E-state index contributed by atoms with van der Waals surface area (Å²) in [7, 11) is 7.38. The van der Waals surface area contributed by atoms with Crippen molar-refractivity contribution in [3.63, 3.8) is 0 Å². The molecule has 8 heterocycles. The molecule has 20 aromatic rings. The zero-order valence-corrected chi connectivity index (χ0v) is 70.9. The SMILES string of the molecule is [2H]C([2H])([2H])c1ccc(-c2c(C)ccc3oc4c(-c5ccccc5)c([N+]#[C-])ccc4c23)[n+](C)c1C.[2H]c1c(C)c(C([2H])([2H])[2H])c([2H])[n+](C)c1-c1ccc2oc3c(-c4ccccc4)c(C)ccc3c2c1C.[2H]c1c([2H])c(-c2c(C)ccc3oc4c(-c5ccccc5)c([N+]#[C-])ccc4c23)[n+](C)c(C)c1C([2H])([2H])[2H].[C-]#[N+]c1ccc2c(oc3ccc(C)c(-c4cc(C)cc(C)[n+]4C)c32)c1-c1ccccc1. The zero-order chi connectivity index (χ0) is 97.1. The maximum Gasteiger partial charge on any atom is 0.213 e. The number of rotatable bonds is 8. The van der Waals surface area contributed by atoms with Crippen LogP contribution in [-0.2, 0) is 28.2 Å². The summed E-state index contributed by atoms with van der Waals surface area (Å²) in [5.41, 5.74) is 30.5. The van der Waals surface area contributed by atoms with E-state index in [0.29, 0.717) is 78.8 Å². The first-order chi connectivity index (χ1) is 64.8. The predicted octanol–water partition coefficient (Wildman–Crippen LogP) is 28.6. The highest BCUT2D eigenvalue weighted by Crippen LogP contribution is 2.50. The molecule has 0 aliphatic carbocycles. The van der Waals surface area contributed by atoms with Gasteiger partial charge in [-0.2, -0.15) is 13.7 Å². The van der Waals surface area contributed by atoms with Crippen LogP contribution in [0.5, 0.6) is 0 Å². The van der Waals surface area contributed by atoms with Crippen molar-refractivity contribution in [3.8, 4) is 89.5 Å². The second-order valence-corrected chi connectivity index (χ2v) is 31.5.